The average molecular weight is 243 g/mol. The van der Waals surface area contributed by atoms with Gasteiger partial charge in [0.1, 0.15) is 0 Å². The zero-order chi connectivity index (χ0) is 12.2. The van der Waals surface area contributed by atoms with Crippen molar-refractivity contribution in [3.05, 3.63) is 29.8 Å². The molecule has 96 valence electrons. The summed E-state index contributed by atoms with van der Waals surface area (Å²) in [4.78, 5) is 6.46. The lowest BCUT2D eigenvalue weighted by molar-refractivity contribution is 0.376. The van der Waals surface area contributed by atoms with Crippen LogP contribution in [0.4, 0.5) is 5.69 Å². The molecule has 3 rings (SSSR count). The Morgan fingerprint density at radius 1 is 1.28 bits per heavy atom. The molecule has 0 spiro atoms. The van der Waals surface area contributed by atoms with Crippen LogP contribution in [-0.4, -0.2) is 32.5 Å². The van der Waals surface area contributed by atoms with E-state index in [1.54, 1.807) is 0 Å². The van der Waals surface area contributed by atoms with Crippen LogP contribution in [0.2, 0.25) is 0 Å². The number of hydrogen-bond donors (Lipinski definition) is 1. The van der Waals surface area contributed by atoms with E-state index in [0.29, 0.717) is 0 Å². The molecule has 1 atom stereocenters. The van der Waals surface area contributed by atoms with Crippen LogP contribution in [0.1, 0.15) is 18.4 Å². The molecule has 0 saturated carbocycles. The summed E-state index contributed by atoms with van der Waals surface area (Å²) in [6.07, 6.45) is 5.85. The van der Waals surface area contributed by atoms with E-state index in [4.69, 9.17) is 0 Å². The van der Waals surface area contributed by atoms with E-state index in [1.165, 1.54) is 43.6 Å². The molecule has 0 radical (unpaired) electrons. The van der Waals surface area contributed by atoms with E-state index in [2.05, 4.69) is 39.5 Å². The van der Waals surface area contributed by atoms with Gasteiger partial charge in [0.2, 0.25) is 0 Å². The largest absolute Gasteiger partial charge is 0.331 e. The highest BCUT2D eigenvalue weighted by atomic mass is 15.2. The van der Waals surface area contributed by atoms with Gasteiger partial charge in [0.25, 0.3) is 0 Å². The summed E-state index contributed by atoms with van der Waals surface area (Å²) in [7, 11) is 0. The first-order valence-corrected chi connectivity index (χ1v) is 6.98. The lowest BCUT2D eigenvalue weighted by atomic mass is 9.92. The number of piperidine rings is 1. The molecule has 2 aliphatic rings. The highest BCUT2D eigenvalue weighted by Crippen LogP contribution is 2.20. The van der Waals surface area contributed by atoms with Crippen molar-refractivity contribution in [2.45, 2.75) is 19.3 Å². The third kappa shape index (κ3) is 2.72. The number of rotatable bonds is 3. The summed E-state index contributed by atoms with van der Waals surface area (Å²) in [5.41, 5.74) is 2.73. The van der Waals surface area contributed by atoms with Crippen molar-refractivity contribution >= 4 is 12.0 Å². The molecule has 1 aromatic carbocycles. The number of benzene rings is 1. The topological polar surface area (TPSA) is 27.6 Å². The van der Waals surface area contributed by atoms with Crippen LogP contribution in [0, 0.1) is 5.92 Å². The Morgan fingerprint density at radius 3 is 2.83 bits per heavy atom. The minimum atomic E-state index is 0.818. The highest BCUT2D eigenvalue weighted by Gasteiger charge is 2.14. The Balaban J connectivity index is 1.61. The first-order valence-electron chi connectivity index (χ1n) is 6.98. The van der Waals surface area contributed by atoms with E-state index >= 15 is 0 Å². The van der Waals surface area contributed by atoms with Gasteiger partial charge in [-0.2, -0.15) is 0 Å². The van der Waals surface area contributed by atoms with Gasteiger partial charge in [-0.1, -0.05) is 12.1 Å². The van der Waals surface area contributed by atoms with Crippen molar-refractivity contribution in [3.63, 3.8) is 0 Å². The van der Waals surface area contributed by atoms with E-state index in [-0.39, 0.29) is 0 Å². The molecule has 3 heteroatoms. The van der Waals surface area contributed by atoms with Crippen LogP contribution < -0.4 is 10.2 Å². The second kappa shape index (κ2) is 5.53. The molecule has 0 aliphatic carbocycles. The third-order valence-electron chi connectivity index (χ3n) is 3.88. The van der Waals surface area contributed by atoms with Crippen molar-refractivity contribution in [2.75, 3.05) is 31.1 Å². The predicted molar refractivity (Wildman–Crippen MR) is 76.4 cm³/mol. The minimum Gasteiger partial charge on any atom is -0.331 e. The summed E-state index contributed by atoms with van der Waals surface area (Å²) < 4.78 is 0. The third-order valence-corrected chi connectivity index (χ3v) is 3.88. The molecule has 2 heterocycles. The van der Waals surface area contributed by atoms with Gasteiger partial charge in [0.15, 0.2) is 0 Å². The predicted octanol–water partition coefficient (Wildman–Crippen LogP) is 2.08. The average Bonchev–Trinajstić information content (AvgIpc) is 2.95. The van der Waals surface area contributed by atoms with Gasteiger partial charge in [-0.25, -0.2) is 0 Å². The monoisotopic (exact) mass is 243 g/mol. The van der Waals surface area contributed by atoms with Gasteiger partial charge in [0, 0.05) is 12.2 Å². The molecule has 18 heavy (non-hydrogen) atoms. The first-order chi connectivity index (χ1) is 8.92. The number of nitrogens with zero attached hydrogens (tertiary/aromatic N) is 2. The van der Waals surface area contributed by atoms with E-state index < -0.39 is 0 Å². The smallest absolute Gasteiger partial charge is 0.0895 e. The summed E-state index contributed by atoms with van der Waals surface area (Å²) in [5.74, 6) is 0.818. The van der Waals surface area contributed by atoms with Crippen LogP contribution in [0.5, 0.6) is 0 Å². The summed E-state index contributed by atoms with van der Waals surface area (Å²) in [6.45, 7) is 4.33. The van der Waals surface area contributed by atoms with Crippen LogP contribution in [0.25, 0.3) is 0 Å². The molecule has 1 unspecified atom stereocenters. The van der Waals surface area contributed by atoms with Gasteiger partial charge in [0.05, 0.1) is 12.9 Å². The lowest BCUT2D eigenvalue weighted by Crippen LogP contribution is -2.30. The zero-order valence-corrected chi connectivity index (χ0v) is 10.8. The van der Waals surface area contributed by atoms with Crippen molar-refractivity contribution in [3.8, 4) is 0 Å². The maximum Gasteiger partial charge on any atom is 0.0895 e. The Hall–Kier alpha value is -1.35. The summed E-state index contributed by atoms with van der Waals surface area (Å²) in [6, 6.07) is 9.00. The number of anilines is 1. The van der Waals surface area contributed by atoms with Crippen LogP contribution in [0.3, 0.4) is 0 Å². The maximum atomic E-state index is 4.25. The van der Waals surface area contributed by atoms with Crippen LogP contribution in [0.15, 0.2) is 29.3 Å². The molecule has 1 saturated heterocycles. The molecule has 2 aliphatic heterocycles. The zero-order valence-electron chi connectivity index (χ0n) is 10.8. The maximum absolute atomic E-state index is 4.25. The Kier molecular flexibility index (Phi) is 3.60. The summed E-state index contributed by atoms with van der Waals surface area (Å²) in [5, 5.41) is 3.49. The Morgan fingerprint density at radius 2 is 2.17 bits per heavy atom. The van der Waals surface area contributed by atoms with Crippen molar-refractivity contribution < 1.29 is 0 Å². The lowest BCUT2D eigenvalue weighted by Gasteiger charge is -2.23. The number of nitrogens with one attached hydrogen (secondary N) is 1. The number of aliphatic imine (C=N–C) groups is 1. The molecule has 1 N–H and O–H groups in total. The van der Waals surface area contributed by atoms with Gasteiger partial charge in [-0.3, -0.25) is 4.99 Å². The molecule has 1 fully saturated rings. The highest BCUT2D eigenvalue weighted by molar-refractivity contribution is 5.80. The van der Waals surface area contributed by atoms with Crippen LogP contribution >= 0.6 is 0 Å². The van der Waals surface area contributed by atoms with Crippen molar-refractivity contribution in [2.24, 2.45) is 10.9 Å². The number of hydrogen-bond acceptors (Lipinski definition) is 3. The Bertz CT molecular complexity index is 404. The van der Waals surface area contributed by atoms with Gasteiger partial charge < -0.3 is 10.2 Å². The standard InChI is InChI=1S/C15H21N3/c1-2-14(11-16-7-1)10-13-3-5-15(6-4-13)18-9-8-17-12-18/h3-6,12,14,16H,1-2,7-11H2. The van der Waals surface area contributed by atoms with E-state index in [1.807, 2.05) is 6.34 Å². The fourth-order valence-electron chi connectivity index (χ4n) is 2.83. The molecule has 1 aromatic rings. The molecule has 0 amide bonds. The molecule has 0 aromatic heterocycles. The van der Waals surface area contributed by atoms with Crippen molar-refractivity contribution in [1.29, 1.82) is 0 Å². The van der Waals surface area contributed by atoms with E-state index in [0.717, 1.165) is 19.0 Å². The van der Waals surface area contributed by atoms with Gasteiger partial charge >= 0.3 is 0 Å². The first kappa shape index (κ1) is 11.7. The van der Waals surface area contributed by atoms with Crippen molar-refractivity contribution in [1.82, 2.24) is 5.32 Å². The quantitative estimate of drug-likeness (QED) is 0.880. The van der Waals surface area contributed by atoms with E-state index in [9.17, 15) is 0 Å². The molecule has 3 nitrogen and oxygen atoms in total. The fraction of sp³-hybridized carbons (Fsp3) is 0.533. The minimum absolute atomic E-state index is 0.818. The second-order valence-electron chi connectivity index (χ2n) is 5.30. The summed E-state index contributed by atoms with van der Waals surface area (Å²) >= 11 is 0. The van der Waals surface area contributed by atoms with Gasteiger partial charge in [-0.15, -0.1) is 0 Å². The van der Waals surface area contributed by atoms with Gasteiger partial charge in [-0.05, 0) is 56.0 Å². The molecule has 0 bridgehead atoms. The van der Waals surface area contributed by atoms with Crippen LogP contribution in [-0.2, 0) is 6.42 Å². The SMILES string of the molecule is C1=NCCN1c1ccc(CC2CCCNC2)cc1. The molecular weight excluding hydrogens is 222 g/mol. The molecular formula is C15H21N3. The fourth-order valence-corrected chi connectivity index (χ4v) is 2.83. The normalized spacial score (nSPS) is 23.6. The Labute approximate surface area is 109 Å². The second-order valence-corrected chi connectivity index (χ2v) is 5.30.